The molecule has 1 heterocycles. The van der Waals surface area contributed by atoms with Crippen LogP contribution in [0.1, 0.15) is 26.4 Å². The molecule has 5 nitrogen and oxygen atoms in total. The maximum absolute atomic E-state index is 12.9. The third-order valence-corrected chi connectivity index (χ3v) is 4.17. The predicted octanol–water partition coefficient (Wildman–Crippen LogP) is 4.00. The fourth-order valence-corrected chi connectivity index (χ4v) is 2.90. The molecule has 0 aliphatic rings. The van der Waals surface area contributed by atoms with E-state index in [4.69, 9.17) is 16.3 Å². The molecule has 6 heteroatoms. The molecule has 0 fully saturated rings. The Kier molecular flexibility index (Phi) is 4.03. The minimum atomic E-state index is -1.09. The van der Waals surface area contributed by atoms with E-state index in [1.165, 1.54) is 11.7 Å². The Morgan fingerprint density at radius 3 is 2.38 bits per heavy atom. The van der Waals surface area contributed by atoms with Crippen LogP contribution in [-0.2, 0) is 0 Å². The average molecular weight is 344 g/mol. The summed E-state index contributed by atoms with van der Waals surface area (Å²) in [7, 11) is 1.50. The zero-order valence-electron chi connectivity index (χ0n) is 13.0. The molecule has 0 amide bonds. The normalized spacial score (nSPS) is 10.8. The number of aromatic nitrogens is 1. The van der Waals surface area contributed by atoms with Crippen molar-refractivity contribution in [3.8, 4) is 5.75 Å². The number of aromatic carboxylic acids is 1. The van der Waals surface area contributed by atoms with Crippen molar-refractivity contribution >= 4 is 34.4 Å². The number of hydrogen-bond acceptors (Lipinski definition) is 3. The lowest BCUT2D eigenvalue weighted by atomic mass is 10.1. The summed E-state index contributed by atoms with van der Waals surface area (Å²) < 4.78 is 6.57. The summed E-state index contributed by atoms with van der Waals surface area (Å²) in [5.74, 6) is -0.874. The molecule has 24 heavy (non-hydrogen) atoms. The maximum atomic E-state index is 12.9. The van der Waals surface area contributed by atoms with Gasteiger partial charge in [-0.05, 0) is 49.4 Å². The van der Waals surface area contributed by atoms with Crippen LogP contribution in [0, 0.1) is 6.92 Å². The third kappa shape index (κ3) is 2.53. The lowest BCUT2D eigenvalue weighted by Gasteiger charge is -2.07. The summed E-state index contributed by atoms with van der Waals surface area (Å²) in [5, 5.41) is 10.5. The van der Waals surface area contributed by atoms with Crippen molar-refractivity contribution in [3.05, 3.63) is 64.3 Å². The van der Waals surface area contributed by atoms with E-state index in [9.17, 15) is 14.7 Å². The van der Waals surface area contributed by atoms with Gasteiger partial charge in [-0.3, -0.25) is 9.36 Å². The number of carboxylic acid groups (broad SMARTS) is 1. The summed E-state index contributed by atoms with van der Waals surface area (Å²) in [6.45, 7) is 1.61. The van der Waals surface area contributed by atoms with Crippen molar-refractivity contribution in [1.82, 2.24) is 4.57 Å². The van der Waals surface area contributed by atoms with Gasteiger partial charge in [-0.25, -0.2) is 4.79 Å². The Bertz CT molecular complexity index is 957. The molecule has 0 bridgehead atoms. The Morgan fingerprint density at radius 2 is 1.79 bits per heavy atom. The zero-order chi connectivity index (χ0) is 17.4. The van der Waals surface area contributed by atoms with Gasteiger partial charge in [0.2, 0.25) is 0 Å². The number of rotatable bonds is 3. The quantitative estimate of drug-likeness (QED) is 0.780. The summed E-state index contributed by atoms with van der Waals surface area (Å²) in [6, 6.07) is 11.5. The third-order valence-electron chi connectivity index (χ3n) is 3.92. The second-order valence-electron chi connectivity index (χ2n) is 5.30. The number of methoxy groups -OCH3 is 1. The van der Waals surface area contributed by atoms with E-state index in [-0.39, 0.29) is 11.5 Å². The van der Waals surface area contributed by atoms with Crippen LogP contribution in [0.5, 0.6) is 5.75 Å². The van der Waals surface area contributed by atoms with Crippen molar-refractivity contribution in [3.63, 3.8) is 0 Å². The molecular formula is C18H14ClNO4. The Morgan fingerprint density at radius 1 is 1.12 bits per heavy atom. The summed E-state index contributed by atoms with van der Waals surface area (Å²) >= 11 is 5.86. The Hall–Kier alpha value is -2.79. The number of ether oxygens (including phenoxy) is 1. The highest BCUT2D eigenvalue weighted by Gasteiger charge is 2.23. The van der Waals surface area contributed by atoms with Gasteiger partial charge < -0.3 is 9.84 Å². The van der Waals surface area contributed by atoms with Gasteiger partial charge in [-0.1, -0.05) is 11.6 Å². The zero-order valence-corrected chi connectivity index (χ0v) is 13.8. The van der Waals surface area contributed by atoms with Gasteiger partial charge in [0.1, 0.15) is 5.75 Å². The molecule has 0 saturated heterocycles. The number of carbonyl (C=O) groups excluding carboxylic acids is 1. The lowest BCUT2D eigenvalue weighted by Crippen LogP contribution is -2.14. The first-order chi connectivity index (χ1) is 11.4. The topological polar surface area (TPSA) is 68.5 Å². The summed E-state index contributed by atoms with van der Waals surface area (Å²) in [5.41, 5.74) is 1.40. The highest BCUT2D eigenvalue weighted by atomic mass is 35.5. The van der Waals surface area contributed by atoms with Gasteiger partial charge in [0.15, 0.2) is 0 Å². The fourth-order valence-electron chi connectivity index (χ4n) is 2.78. The van der Waals surface area contributed by atoms with Crippen molar-refractivity contribution in [2.45, 2.75) is 6.92 Å². The molecule has 122 valence electrons. The molecule has 1 N–H and O–H groups in total. The van der Waals surface area contributed by atoms with Crippen LogP contribution in [0.25, 0.3) is 10.9 Å². The van der Waals surface area contributed by atoms with Gasteiger partial charge >= 0.3 is 5.97 Å². The molecule has 2 aromatic carbocycles. The van der Waals surface area contributed by atoms with Crippen molar-refractivity contribution in [2.75, 3.05) is 7.11 Å². The van der Waals surface area contributed by atoms with E-state index in [2.05, 4.69) is 0 Å². The molecule has 0 radical (unpaired) electrons. The number of fused-ring (bicyclic) bond motifs is 1. The largest absolute Gasteiger partial charge is 0.497 e. The minimum Gasteiger partial charge on any atom is -0.497 e. The molecule has 0 aliphatic carbocycles. The number of carbonyl (C=O) groups is 2. The SMILES string of the molecule is COc1ccc2c(c1)c(C(=O)O)c(C)n2C(=O)c1ccc(Cl)cc1. The molecule has 3 rings (SSSR count). The fraction of sp³-hybridized carbons (Fsp3) is 0.111. The first kappa shape index (κ1) is 16.1. The molecule has 3 aromatic rings. The molecule has 0 unspecified atom stereocenters. The number of benzene rings is 2. The van der Waals surface area contributed by atoms with Gasteiger partial charge in [-0.15, -0.1) is 0 Å². The average Bonchev–Trinajstić information content (AvgIpc) is 2.85. The van der Waals surface area contributed by atoms with E-state index in [0.29, 0.717) is 32.9 Å². The smallest absolute Gasteiger partial charge is 0.338 e. The van der Waals surface area contributed by atoms with Gasteiger partial charge in [0.05, 0.1) is 18.2 Å². The lowest BCUT2D eigenvalue weighted by molar-refractivity contribution is 0.0698. The molecule has 0 spiro atoms. The van der Waals surface area contributed by atoms with Crippen molar-refractivity contribution in [1.29, 1.82) is 0 Å². The second-order valence-corrected chi connectivity index (χ2v) is 5.73. The van der Waals surface area contributed by atoms with Crippen LogP contribution in [0.4, 0.5) is 0 Å². The maximum Gasteiger partial charge on any atom is 0.338 e. The highest BCUT2D eigenvalue weighted by molar-refractivity contribution is 6.30. The first-order valence-corrected chi connectivity index (χ1v) is 7.54. The van der Waals surface area contributed by atoms with Crippen LogP contribution < -0.4 is 4.74 Å². The Labute approximate surface area is 143 Å². The molecule has 0 aliphatic heterocycles. The van der Waals surface area contributed by atoms with Gasteiger partial charge in [-0.2, -0.15) is 0 Å². The van der Waals surface area contributed by atoms with E-state index >= 15 is 0 Å². The number of carboxylic acids is 1. The molecular weight excluding hydrogens is 330 g/mol. The van der Waals surface area contributed by atoms with E-state index < -0.39 is 5.97 Å². The van der Waals surface area contributed by atoms with Crippen molar-refractivity contribution in [2.24, 2.45) is 0 Å². The van der Waals surface area contributed by atoms with E-state index in [1.807, 2.05) is 0 Å². The van der Waals surface area contributed by atoms with Crippen molar-refractivity contribution < 1.29 is 19.4 Å². The molecule has 0 atom stereocenters. The van der Waals surface area contributed by atoms with Crippen LogP contribution in [0.2, 0.25) is 5.02 Å². The molecule has 0 saturated carbocycles. The van der Waals surface area contributed by atoms with Crippen LogP contribution >= 0.6 is 11.6 Å². The number of hydrogen-bond donors (Lipinski definition) is 1. The van der Waals surface area contributed by atoms with Crippen LogP contribution in [0.3, 0.4) is 0 Å². The predicted molar refractivity (Wildman–Crippen MR) is 91.4 cm³/mol. The Balaban J connectivity index is 2.28. The van der Waals surface area contributed by atoms with Crippen LogP contribution in [0.15, 0.2) is 42.5 Å². The summed E-state index contributed by atoms with van der Waals surface area (Å²) in [6.07, 6.45) is 0. The van der Waals surface area contributed by atoms with Gasteiger partial charge in [0, 0.05) is 21.7 Å². The molecule has 1 aromatic heterocycles. The van der Waals surface area contributed by atoms with E-state index in [0.717, 1.165) is 0 Å². The standard InChI is InChI=1S/C18H14ClNO4/c1-10-16(18(22)23)14-9-13(24-2)7-8-15(14)20(10)17(21)11-3-5-12(19)6-4-11/h3-9H,1-2H3,(H,22,23). The monoisotopic (exact) mass is 343 g/mol. The highest BCUT2D eigenvalue weighted by Crippen LogP contribution is 2.30. The second kappa shape index (κ2) is 6.02. The number of halogens is 1. The van der Waals surface area contributed by atoms with Gasteiger partial charge in [0.25, 0.3) is 5.91 Å². The minimum absolute atomic E-state index is 0.0891. The first-order valence-electron chi connectivity index (χ1n) is 7.16. The van der Waals surface area contributed by atoms with E-state index in [1.54, 1.807) is 49.4 Å². The summed E-state index contributed by atoms with van der Waals surface area (Å²) in [4.78, 5) is 24.5. The number of nitrogens with zero attached hydrogens (tertiary/aromatic N) is 1. The van der Waals surface area contributed by atoms with Crippen LogP contribution in [-0.4, -0.2) is 28.7 Å².